The number of aliphatic hydroxyl groups is 1. The van der Waals surface area contributed by atoms with Crippen LogP contribution in [-0.2, 0) is 4.79 Å². The van der Waals surface area contributed by atoms with Crippen molar-refractivity contribution in [3.63, 3.8) is 0 Å². The van der Waals surface area contributed by atoms with Crippen LogP contribution < -0.4 is 5.32 Å². The number of hydrogen-bond acceptors (Lipinski definition) is 3. The van der Waals surface area contributed by atoms with E-state index in [4.69, 9.17) is 5.11 Å². The molecule has 0 atom stereocenters. The first-order valence-electron chi connectivity index (χ1n) is 7.21. The number of benzene rings is 1. The van der Waals surface area contributed by atoms with Crippen LogP contribution in [0, 0.1) is 6.92 Å². The summed E-state index contributed by atoms with van der Waals surface area (Å²) in [6, 6.07) is 7.27. The van der Waals surface area contributed by atoms with Crippen molar-refractivity contribution in [2.75, 3.05) is 19.7 Å². The summed E-state index contributed by atoms with van der Waals surface area (Å²) in [7, 11) is 0. The summed E-state index contributed by atoms with van der Waals surface area (Å²) >= 11 is 0. The molecule has 0 aliphatic rings. The number of rotatable bonds is 7. The maximum atomic E-state index is 12.1. The van der Waals surface area contributed by atoms with Crippen molar-refractivity contribution in [2.24, 2.45) is 0 Å². The molecule has 5 heteroatoms. The molecule has 0 heterocycles. The highest BCUT2D eigenvalue weighted by atomic mass is 16.3. The first kappa shape index (κ1) is 17.2. The molecule has 1 aromatic rings. The van der Waals surface area contributed by atoms with E-state index in [1.54, 1.807) is 17.0 Å². The number of hydrogen-bond donors (Lipinski definition) is 2. The van der Waals surface area contributed by atoms with Gasteiger partial charge in [0.15, 0.2) is 0 Å². The Bertz CT molecular complexity index is 486. The fourth-order valence-electron chi connectivity index (χ4n) is 2.06. The Morgan fingerprint density at radius 1 is 1.33 bits per heavy atom. The van der Waals surface area contributed by atoms with Gasteiger partial charge < -0.3 is 15.3 Å². The fourth-order valence-corrected chi connectivity index (χ4v) is 2.06. The van der Waals surface area contributed by atoms with E-state index in [2.05, 4.69) is 5.32 Å². The van der Waals surface area contributed by atoms with Crippen molar-refractivity contribution >= 4 is 11.8 Å². The number of aryl methyl sites for hydroxylation is 1. The maximum Gasteiger partial charge on any atom is 0.251 e. The summed E-state index contributed by atoms with van der Waals surface area (Å²) in [4.78, 5) is 25.8. The van der Waals surface area contributed by atoms with Gasteiger partial charge in [-0.1, -0.05) is 17.7 Å². The molecule has 21 heavy (non-hydrogen) atoms. The fraction of sp³-hybridized carbons (Fsp3) is 0.500. The van der Waals surface area contributed by atoms with Crippen molar-refractivity contribution in [1.29, 1.82) is 0 Å². The van der Waals surface area contributed by atoms with Gasteiger partial charge in [0.1, 0.15) is 0 Å². The third-order valence-corrected chi connectivity index (χ3v) is 3.18. The van der Waals surface area contributed by atoms with Gasteiger partial charge in [0.2, 0.25) is 5.91 Å². The van der Waals surface area contributed by atoms with E-state index < -0.39 is 0 Å². The molecule has 0 unspecified atom stereocenters. The number of nitrogens with one attached hydrogen (secondary N) is 1. The molecule has 1 aromatic carbocycles. The van der Waals surface area contributed by atoms with Crippen molar-refractivity contribution in [1.82, 2.24) is 10.2 Å². The molecule has 0 bridgehead atoms. The third-order valence-electron chi connectivity index (χ3n) is 3.18. The lowest BCUT2D eigenvalue weighted by Crippen LogP contribution is -2.44. The molecule has 0 spiro atoms. The van der Waals surface area contributed by atoms with Crippen LogP contribution in [0.2, 0.25) is 0 Å². The summed E-state index contributed by atoms with van der Waals surface area (Å²) in [6.45, 7) is 6.25. The Hall–Kier alpha value is -1.88. The van der Waals surface area contributed by atoms with Crippen LogP contribution in [0.25, 0.3) is 0 Å². The van der Waals surface area contributed by atoms with E-state index in [0.29, 0.717) is 18.5 Å². The number of aliphatic hydroxyl groups excluding tert-OH is 1. The van der Waals surface area contributed by atoms with Gasteiger partial charge in [-0.15, -0.1) is 0 Å². The van der Waals surface area contributed by atoms with Crippen molar-refractivity contribution in [3.8, 4) is 0 Å². The lowest BCUT2D eigenvalue weighted by Gasteiger charge is -2.26. The molecule has 0 saturated heterocycles. The van der Waals surface area contributed by atoms with Crippen LogP contribution in [0.3, 0.4) is 0 Å². The summed E-state index contributed by atoms with van der Waals surface area (Å²) in [5, 5.41) is 11.5. The first-order valence-corrected chi connectivity index (χ1v) is 7.21. The van der Waals surface area contributed by atoms with Crippen LogP contribution >= 0.6 is 0 Å². The van der Waals surface area contributed by atoms with Gasteiger partial charge in [0, 0.05) is 24.8 Å². The van der Waals surface area contributed by atoms with Gasteiger partial charge in [-0.05, 0) is 39.3 Å². The molecule has 0 aliphatic carbocycles. The van der Waals surface area contributed by atoms with E-state index in [-0.39, 0.29) is 31.0 Å². The lowest BCUT2D eigenvalue weighted by molar-refractivity contribution is -0.131. The minimum atomic E-state index is -0.252. The molecule has 2 N–H and O–H groups in total. The number of carbonyl (C=O) groups is 2. The van der Waals surface area contributed by atoms with Crippen LogP contribution in [0.5, 0.6) is 0 Å². The van der Waals surface area contributed by atoms with E-state index >= 15 is 0 Å². The predicted octanol–water partition coefficient (Wildman–Crippen LogP) is 1.34. The van der Waals surface area contributed by atoms with E-state index in [0.717, 1.165) is 5.56 Å². The average Bonchev–Trinajstić information content (AvgIpc) is 2.44. The minimum Gasteiger partial charge on any atom is -0.396 e. The Balaban J connectivity index is 2.56. The quantitative estimate of drug-likeness (QED) is 0.797. The molecule has 116 valence electrons. The van der Waals surface area contributed by atoms with Gasteiger partial charge in [-0.3, -0.25) is 9.59 Å². The van der Waals surface area contributed by atoms with Gasteiger partial charge in [0.05, 0.1) is 6.54 Å². The Kier molecular flexibility index (Phi) is 6.88. The van der Waals surface area contributed by atoms with Crippen LogP contribution in [0.1, 0.15) is 36.2 Å². The van der Waals surface area contributed by atoms with E-state index in [9.17, 15) is 9.59 Å². The SMILES string of the molecule is Cc1cccc(C(=O)NCC(=O)N(CCCO)C(C)C)c1. The van der Waals surface area contributed by atoms with Crippen molar-refractivity contribution in [2.45, 2.75) is 33.2 Å². The van der Waals surface area contributed by atoms with Crippen LogP contribution in [0.15, 0.2) is 24.3 Å². The molecule has 0 saturated carbocycles. The second-order valence-electron chi connectivity index (χ2n) is 5.31. The molecular formula is C16H24N2O3. The monoisotopic (exact) mass is 292 g/mol. The van der Waals surface area contributed by atoms with Crippen molar-refractivity contribution < 1.29 is 14.7 Å². The number of nitrogens with zero attached hydrogens (tertiary/aromatic N) is 1. The molecule has 5 nitrogen and oxygen atoms in total. The molecular weight excluding hydrogens is 268 g/mol. The Morgan fingerprint density at radius 2 is 2.05 bits per heavy atom. The van der Waals surface area contributed by atoms with E-state index in [1.165, 1.54) is 0 Å². The molecule has 0 fully saturated rings. The summed E-state index contributed by atoms with van der Waals surface area (Å²) in [6.07, 6.45) is 0.537. The molecule has 2 amide bonds. The normalized spacial score (nSPS) is 10.5. The largest absolute Gasteiger partial charge is 0.396 e. The second kappa shape index (κ2) is 8.42. The lowest BCUT2D eigenvalue weighted by atomic mass is 10.1. The van der Waals surface area contributed by atoms with Gasteiger partial charge in [-0.2, -0.15) is 0 Å². The highest BCUT2D eigenvalue weighted by Crippen LogP contribution is 2.04. The topological polar surface area (TPSA) is 69.6 Å². The first-order chi connectivity index (χ1) is 9.95. The molecule has 0 radical (unpaired) electrons. The van der Waals surface area contributed by atoms with E-state index in [1.807, 2.05) is 32.9 Å². The summed E-state index contributed by atoms with van der Waals surface area (Å²) in [5.74, 6) is -0.391. The predicted molar refractivity (Wildman–Crippen MR) is 82.1 cm³/mol. The Morgan fingerprint density at radius 3 is 2.62 bits per heavy atom. The molecule has 0 aliphatic heterocycles. The standard InChI is InChI=1S/C16H24N2O3/c1-12(2)18(8-5-9-19)15(20)11-17-16(21)14-7-4-6-13(3)10-14/h4,6-7,10,12,19H,5,8-9,11H2,1-3H3,(H,17,21). The van der Waals surface area contributed by atoms with Crippen LogP contribution in [0.4, 0.5) is 0 Å². The molecule has 1 rings (SSSR count). The smallest absolute Gasteiger partial charge is 0.251 e. The highest BCUT2D eigenvalue weighted by Gasteiger charge is 2.17. The number of amides is 2. The minimum absolute atomic E-state index is 0.0314. The van der Waals surface area contributed by atoms with Gasteiger partial charge in [0.25, 0.3) is 5.91 Å². The second-order valence-corrected chi connectivity index (χ2v) is 5.31. The van der Waals surface area contributed by atoms with Gasteiger partial charge >= 0.3 is 0 Å². The zero-order valence-corrected chi connectivity index (χ0v) is 12.9. The third kappa shape index (κ3) is 5.55. The average molecular weight is 292 g/mol. The summed E-state index contributed by atoms with van der Waals surface area (Å²) in [5.41, 5.74) is 1.55. The summed E-state index contributed by atoms with van der Waals surface area (Å²) < 4.78 is 0. The van der Waals surface area contributed by atoms with Gasteiger partial charge in [-0.25, -0.2) is 0 Å². The number of carbonyl (C=O) groups excluding carboxylic acids is 2. The zero-order chi connectivity index (χ0) is 15.8. The maximum absolute atomic E-state index is 12.1. The zero-order valence-electron chi connectivity index (χ0n) is 12.9. The van der Waals surface area contributed by atoms with Crippen molar-refractivity contribution in [3.05, 3.63) is 35.4 Å². The van der Waals surface area contributed by atoms with Crippen LogP contribution in [-0.4, -0.2) is 47.6 Å². The highest BCUT2D eigenvalue weighted by molar-refractivity contribution is 5.96. The Labute approximate surface area is 126 Å². The molecule has 0 aromatic heterocycles.